The molecule has 2 aliphatic heterocycles. The Morgan fingerprint density at radius 1 is 0.552 bits per heavy atom. The topological polar surface area (TPSA) is 28.4 Å². The number of nitrogens with zero attached hydrogens (tertiary/aromatic N) is 1. The highest BCUT2D eigenvalue weighted by molar-refractivity contribution is 6.99. The minimum Gasteiger partial charge on any atom is -0.468 e. The minimum atomic E-state index is -0.0498. The molecule has 3 nitrogen and oxygen atoms in total. The Bertz CT molecular complexity index is 2600. The predicted octanol–water partition coefficient (Wildman–Crippen LogP) is 13.1. The van der Waals surface area contributed by atoms with E-state index in [1.165, 1.54) is 117 Å². The largest absolute Gasteiger partial charge is 0.468 e. The summed E-state index contributed by atoms with van der Waals surface area (Å²) < 4.78 is 7.34. The molecule has 0 bridgehead atoms. The van der Waals surface area contributed by atoms with Crippen molar-refractivity contribution in [1.82, 2.24) is 0 Å². The molecule has 302 valence electrons. The molecule has 10 rings (SSSR count). The molecule has 4 aromatic carbocycles. The van der Waals surface area contributed by atoms with E-state index in [2.05, 4.69) is 169 Å². The van der Waals surface area contributed by atoms with Crippen LogP contribution in [-0.4, -0.2) is 6.71 Å². The van der Waals surface area contributed by atoms with Crippen LogP contribution in [0.1, 0.15) is 181 Å². The summed E-state index contributed by atoms with van der Waals surface area (Å²) in [5, 5.41) is 5.34. The maximum atomic E-state index is 7.34. The third kappa shape index (κ3) is 5.30. The minimum absolute atomic E-state index is 0.0360. The molecule has 58 heavy (non-hydrogen) atoms. The second-order valence-electron chi connectivity index (χ2n) is 24.3. The number of hydrogen-bond acceptors (Lipinski definition) is 3. The maximum Gasteiger partial charge on any atom is 0.297 e. The van der Waals surface area contributed by atoms with Gasteiger partial charge in [-0.25, -0.2) is 0 Å². The fraction of sp³-hybridized carbons (Fsp3) is 0.519. The van der Waals surface area contributed by atoms with Crippen LogP contribution in [0.3, 0.4) is 0 Å². The van der Waals surface area contributed by atoms with Crippen LogP contribution >= 0.6 is 0 Å². The molecule has 0 radical (unpaired) electrons. The van der Waals surface area contributed by atoms with E-state index in [0.29, 0.717) is 0 Å². The summed E-state index contributed by atoms with van der Waals surface area (Å²) in [5.41, 5.74) is 21.8. The quantitative estimate of drug-likeness (QED) is 0.169. The van der Waals surface area contributed by atoms with Gasteiger partial charge >= 0.3 is 0 Å². The van der Waals surface area contributed by atoms with Gasteiger partial charge in [-0.05, 0) is 169 Å². The molecule has 0 spiro atoms. The first-order valence-electron chi connectivity index (χ1n) is 22.5. The number of hydrogen-bond donors (Lipinski definition) is 1. The standard InChI is InChI=1S/C54H67BN2O/c1-48(2,3)31-24-41-45-43(25-31)57(32-16-17-34-35(26-32)50(6,7)19-18-49(34,4)5)42-29-38-37(52(10,11)21-22-53(38,12)13)28-40(42)55(45)47-46(56-41)33-27-36-39(30-44(33)58-47)54(14,15)23-20-51(36,8)9/h16-17,24-30,56H,18-23H2,1-15H3. The Morgan fingerprint density at radius 3 is 1.62 bits per heavy atom. The van der Waals surface area contributed by atoms with Crippen molar-refractivity contribution >= 4 is 62.7 Å². The Balaban J connectivity index is 1.31. The van der Waals surface area contributed by atoms with Crippen LogP contribution in [0.15, 0.2) is 59.0 Å². The van der Waals surface area contributed by atoms with Gasteiger partial charge in [0.1, 0.15) is 5.58 Å². The lowest BCUT2D eigenvalue weighted by Gasteiger charge is -2.46. The fourth-order valence-electron chi connectivity index (χ4n) is 11.9. The van der Waals surface area contributed by atoms with Gasteiger partial charge in [0.05, 0.1) is 11.3 Å². The highest BCUT2D eigenvalue weighted by Crippen LogP contribution is 2.53. The van der Waals surface area contributed by atoms with E-state index in [-0.39, 0.29) is 44.6 Å². The summed E-state index contributed by atoms with van der Waals surface area (Å²) in [6.07, 6.45) is 7.14. The molecule has 3 aliphatic carbocycles. The number of benzene rings is 4. The van der Waals surface area contributed by atoms with E-state index >= 15 is 0 Å². The van der Waals surface area contributed by atoms with E-state index in [4.69, 9.17) is 4.42 Å². The molecule has 5 aliphatic rings. The Morgan fingerprint density at radius 2 is 1.05 bits per heavy atom. The summed E-state index contributed by atoms with van der Waals surface area (Å²) in [5.74, 6) is 0. The molecule has 1 aromatic heterocycles. The molecule has 0 fully saturated rings. The van der Waals surface area contributed by atoms with Gasteiger partial charge in [-0.3, -0.25) is 0 Å². The number of nitrogens with one attached hydrogen (secondary N) is 1. The number of anilines is 5. The van der Waals surface area contributed by atoms with Crippen LogP contribution in [-0.2, 0) is 37.9 Å². The molecule has 4 heteroatoms. The van der Waals surface area contributed by atoms with Crippen LogP contribution in [0.5, 0.6) is 0 Å². The van der Waals surface area contributed by atoms with Gasteiger partial charge in [0.25, 0.3) is 6.71 Å². The van der Waals surface area contributed by atoms with Crippen molar-refractivity contribution in [2.75, 3.05) is 10.2 Å². The molecule has 0 atom stereocenters. The van der Waals surface area contributed by atoms with Crippen molar-refractivity contribution < 1.29 is 4.42 Å². The predicted molar refractivity (Wildman–Crippen MR) is 250 cm³/mol. The highest BCUT2D eigenvalue weighted by Gasteiger charge is 2.49. The van der Waals surface area contributed by atoms with Crippen LogP contribution in [0, 0.1) is 0 Å². The van der Waals surface area contributed by atoms with Gasteiger partial charge in [0.2, 0.25) is 0 Å². The SMILES string of the molecule is CC(C)(C)c1cc2c3c(c1)N(c1ccc4c(c1)C(C)(C)CCC4(C)C)c1cc4c(cc1B3c1oc3cc5c(cc3c1N2)C(C)(C)CCC5(C)C)C(C)(C)CCC4(C)C. The zero-order valence-electron chi connectivity index (χ0n) is 38.4. The van der Waals surface area contributed by atoms with Crippen LogP contribution in [0.25, 0.3) is 11.0 Å². The second kappa shape index (κ2) is 11.5. The number of fused-ring (bicyclic) bond motifs is 9. The molecule has 5 aromatic rings. The van der Waals surface area contributed by atoms with E-state index in [1.54, 1.807) is 0 Å². The zero-order valence-corrected chi connectivity index (χ0v) is 38.4. The molecular weight excluding hydrogens is 703 g/mol. The second-order valence-corrected chi connectivity index (χ2v) is 24.3. The van der Waals surface area contributed by atoms with E-state index < -0.39 is 0 Å². The molecule has 3 heterocycles. The van der Waals surface area contributed by atoms with E-state index in [0.717, 1.165) is 16.9 Å². The summed E-state index contributed by atoms with van der Waals surface area (Å²) in [6, 6.07) is 22.7. The van der Waals surface area contributed by atoms with Crippen molar-refractivity contribution in [3.05, 3.63) is 93.5 Å². The summed E-state index contributed by atoms with van der Waals surface area (Å²) in [6.45, 7) is 36.5. The Labute approximate surface area is 349 Å². The highest BCUT2D eigenvalue weighted by atomic mass is 16.3. The molecular formula is C54H67BN2O. The van der Waals surface area contributed by atoms with Crippen LogP contribution in [0.2, 0.25) is 0 Å². The maximum absolute atomic E-state index is 7.34. The van der Waals surface area contributed by atoms with Crippen molar-refractivity contribution in [2.24, 2.45) is 0 Å². The average Bonchev–Trinajstić information content (AvgIpc) is 3.50. The lowest BCUT2D eigenvalue weighted by atomic mass is 9.35. The van der Waals surface area contributed by atoms with E-state index in [1.807, 2.05) is 0 Å². The van der Waals surface area contributed by atoms with Crippen LogP contribution < -0.4 is 26.8 Å². The van der Waals surface area contributed by atoms with Gasteiger partial charge in [-0.1, -0.05) is 116 Å². The van der Waals surface area contributed by atoms with Crippen LogP contribution in [0.4, 0.5) is 28.4 Å². The van der Waals surface area contributed by atoms with Gasteiger partial charge in [0, 0.05) is 28.1 Å². The molecule has 0 saturated heterocycles. The molecule has 0 amide bonds. The lowest BCUT2D eigenvalue weighted by Crippen LogP contribution is -2.60. The fourth-order valence-corrected chi connectivity index (χ4v) is 11.9. The molecule has 1 N–H and O–H groups in total. The Kier molecular flexibility index (Phi) is 7.57. The third-order valence-electron chi connectivity index (χ3n) is 16.4. The monoisotopic (exact) mass is 771 g/mol. The summed E-state index contributed by atoms with van der Waals surface area (Å²) >= 11 is 0. The van der Waals surface area contributed by atoms with Gasteiger partial charge < -0.3 is 14.6 Å². The first-order chi connectivity index (χ1) is 26.8. The average molecular weight is 771 g/mol. The Hall–Kier alpha value is -3.92. The zero-order chi connectivity index (χ0) is 41.5. The normalized spacial score (nSPS) is 22.2. The van der Waals surface area contributed by atoms with Crippen molar-refractivity contribution in [3.63, 3.8) is 0 Å². The summed E-state index contributed by atoms with van der Waals surface area (Å²) in [4.78, 5) is 2.66. The molecule has 0 unspecified atom stereocenters. The lowest BCUT2D eigenvalue weighted by molar-refractivity contribution is 0.332. The van der Waals surface area contributed by atoms with Crippen molar-refractivity contribution in [3.8, 4) is 0 Å². The van der Waals surface area contributed by atoms with Crippen molar-refractivity contribution in [2.45, 2.75) is 180 Å². The third-order valence-corrected chi connectivity index (χ3v) is 16.4. The van der Waals surface area contributed by atoms with Gasteiger partial charge in [0.15, 0.2) is 0 Å². The van der Waals surface area contributed by atoms with Crippen molar-refractivity contribution in [1.29, 1.82) is 0 Å². The summed E-state index contributed by atoms with van der Waals surface area (Å²) in [7, 11) is 0. The molecule has 0 saturated carbocycles. The van der Waals surface area contributed by atoms with E-state index in [9.17, 15) is 0 Å². The van der Waals surface area contributed by atoms with Gasteiger partial charge in [-0.15, -0.1) is 0 Å². The number of furan rings is 1. The number of rotatable bonds is 1. The van der Waals surface area contributed by atoms with Gasteiger partial charge in [-0.2, -0.15) is 0 Å². The first kappa shape index (κ1) is 38.3. The smallest absolute Gasteiger partial charge is 0.297 e. The first-order valence-corrected chi connectivity index (χ1v) is 22.5.